The average molecular weight is 577 g/mol. The molecule has 2 saturated heterocycles. The maximum atomic E-state index is 15.3. The summed E-state index contributed by atoms with van der Waals surface area (Å²) in [7, 11) is 0. The van der Waals surface area contributed by atoms with Crippen LogP contribution in [0.4, 0.5) is 35.3 Å². The maximum Gasteiger partial charge on any atom is 0.407 e. The van der Waals surface area contributed by atoms with Gasteiger partial charge in [0.05, 0.1) is 24.4 Å². The van der Waals surface area contributed by atoms with Crippen LogP contribution in [0, 0.1) is 17.5 Å². The molecule has 3 aliphatic rings. The molecule has 1 spiro atoms. The largest absolute Gasteiger partial charge is 0.478 e. The number of carboxylic acids is 1. The lowest BCUT2D eigenvalue weighted by Gasteiger charge is -2.39. The van der Waals surface area contributed by atoms with Gasteiger partial charge in [0.1, 0.15) is 29.2 Å². The summed E-state index contributed by atoms with van der Waals surface area (Å²) in [4.78, 5) is 31.2. The second-order valence-corrected chi connectivity index (χ2v) is 11.2. The summed E-state index contributed by atoms with van der Waals surface area (Å²) < 4.78 is 61.0. The number of carbonyl (C=O) groups excluding carboxylic acids is 1. The number of hydrogen-bond donors (Lipinski definition) is 2. The highest BCUT2D eigenvalue weighted by Crippen LogP contribution is 2.40. The molecule has 5 rings (SSSR count). The summed E-state index contributed by atoms with van der Waals surface area (Å²) >= 11 is 0. The van der Waals surface area contributed by atoms with E-state index in [0.717, 1.165) is 6.07 Å². The van der Waals surface area contributed by atoms with E-state index in [1.54, 1.807) is 25.7 Å². The minimum atomic E-state index is -1.25. The number of carbonyl (C=O) groups is 2. The lowest BCUT2D eigenvalue weighted by atomic mass is 10.0. The number of halogens is 3. The van der Waals surface area contributed by atoms with Crippen LogP contribution < -0.4 is 15.1 Å². The van der Waals surface area contributed by atoms with Crippen LogP contribution in [0.15, 0.2) is 29.8 Å². The van der Waals surface area contributed by atoms with Crippen molar-refractivity contribution in [2.45, 2.75) is 51.1 Å². The van der Waals surface area contributed by atoms with E-state index in [0.29, 0.717) is 32.0 Å². The molecule has 4 heterocycles. The molecule has 1 amide bonds. The molecule has 2 aromatic rings. The van der Waals surface area contributed by atoms with Crippen molar-refractivity contribution < 1.29 is 42.1 Å². The molecule has 1 aromatic carbocycles. The van der Waals surface area contributed by atoms with Crippen LogP contribution in [0.1, 0.15) is 39.2 Å². The molecule has 220 valence electrons. The number of pyridine rings is 1. The van der Waals surface area contributed by atoms with Gasteiger partial charge in [0, 0.05) is 44.1 Å². The SMILES string of the molecule is CC(C)(C)OC(=O)NCC1COC2(CCN(c3nc4c(cc3F)C=C(C(=O)O)CN4c3ccc(F)cc3F)CC2)O1. The number of benzene rings is 1. The molecule has 0 aliphatic carbocycles. The number of fused-ring (bicyclic) bond motifs is 1. The van der Waals surface area contributed by atoms with Crippen molar-refractivity contribution >= 4 is 35.5 Å². The number of aliphatic carboxylic acids is 1. The Hall–Kier alpha value is -3.84. The van der Waals surface area contributed by atoms with Crippen LogP contribution in [0.25, 0.3) is 6.08 Å². The lowest BCUT2D eigenvalue weighted by molar-refractivity contribution is -0.179. The Morgan fingerprint density at radius 1 is 1.15 bits per heavy atom. The second-order valence-electron chi connectivity index (χ2n) is 11.2. The van der Waals surface area contributed by atoms with Crippen molar-refractivity contribution in [2.24, 2.45) is 0 Å². The van der Waals surface area contributed by atoms with Gasteiger partial charge >= 0.3 is 12.1 Å². The first-order chi connectivity index (χ1) is 19.3. The Bertz CT molecular complexity index is 1390. The van der Waals surface area contributed by atoms with Crippen LogP contribution in [0.5, 0.6) is 0 Å². The van der Waals surface area contributed by atoms with Gasteiger partial charge in [-0.25, -0.2) is 27.7 Å². The summed E-state index contributed by atoms with van der Waals surface area (Å²) in [6, 6.07) is 4.11. The number of aromatic nitrogens is 1. The quantitative estimate of drug-likeness (QED) is 0.536. The van der Waals surface area contributed by atoms with Gasteiger partial charge in [-0.05, 0) is 45.0 Å². The van der Waals surface area contributed by atoms with Gasteiger partial charge in [-0.1, -0.05) is 0 Å². The van der Waals surface area contributed by atoms with Crippen LogP contribution in [0.3, 0.4) is 0 Å². The molecule has 1 aromatic heterocycles. The molecule has 3 aliphatic heterocycles. The number of nitrogens with one attached hydrogen (secondary N) is 1. The molecular weight excluding hydrogens is 545 g/mol. The van der Waals surface area contributed by atoms with E-state index < -0.39 is 40.9 Å². The van der Waals surface area contributed by atoms with Crippen molar-refractivity contribution in [3.05, 3.63) is 52.9 Å². The van der Waals surface area contributed by atoms with E-state index >= 15 is 4.39 Å². The summed E-state index contributed by atoms with van der Waals surface area (Å²) in [5.41, 5.74) is -0.637. The van der Waals surface area contributed by atoms with E-state index in [9.17, 15) is 23.5 Å². The van der Waals surface area contributed by atoms with Gasteiger partial charge in [-0.15, -0.1) is 0 Å². The summed E-state index contributed by atoms with van der Waals surface area (Å²) in [5, 5.41) is 12.3. The molecule has 41 heavy (non-hydrogen) atoms. The van der Waals surface area contributed by atoms with Crippen molar-refractivity contribution in [1.29, 1.82) is 0 Å². The number of nitrogens with zero attached hydrogens (tertiary/aromatic N) is 3. The monoisotopic (exact) mass is 576 g/mol. The first-order valence-corrected chi connectivity index (χ1v) is 13.2. The number of rotatable bonds is 5. The van der Waals surface area contributed by atoms with Crippen molar-refractivity contribution in [1.82, 2.24) is 10.3 Å². The third-order valence-corrected chi connectivity index (χ3v) is 6.97. The predicted molar refractivity (Wildman–Crippen MR) is 142 cm³/mol. The fourth-order valence-electron chi connectivity index (χ4n) is 5.09. The third-order valence-electron chi connectivity index (χ3n) is 6.97. The third kappa shape index (κ3) is 6.25. The van der Waals surface area contributed by atoms with E-state index in [2.05, 4.69) is 10.3 Å². The molecule has 2 fully saturated rings. The average Bonchev–Trinajstić information content (AvgIpc) is 3.28. The highest BCUT2D eigenvalue weighted by Gasteiger charge is 2.44. The van der Waals surface area contributed by atoms with Gasteiger partial charge in [-0.2, -0.15) is 0 Å². The molecular formula is C28H31F3N4O6. The summed E-state index contributed by atoms with van der Waals surface area (Å²) in [6.07, 6.45) is 1.17. The molecule has 10 nitrogen and oxygen atoms in total. The lowest BCUT2D eigenvalue weighted by Crippen LogP contribution is -2.46. The number of carboxylic acid groups (broad SMARTS) is 1. The van der Waals surface area contributed by atoms with Gasteiger partial charge in [0.25, 0.3) is 0 Å². The highest BCUT2D eigenvalue weighted by molar-refractivity contribution is 5.97. The van der Waals surface area contributed by atoms with E-state index in [1.165, 1.54) is 23.1 Å². The van der Waals surface area contributed by atoms with E-state index in [-0.39, 0.29) is 54.3 Å². The van der Waals surface area contributed by atoms with Crippen LogP contribution in [-0.2, 0) is 19.0 Å². The maximum absolute atomic E-state index is 15.3. The predicted octanol–water partition coefficient (Wildman–Crippen LogP) is 4.36. The minimum absolute atomic E-state index is 0.0134. The zero-order valence-electron chi connectivity index (χ0n) is 22.9. The molecule has 13 heteroatoms. The zero-order chi connectivity index (χ0) is 29.5. The standard InChI is InChI=1S/C28H31F3N4O6/c1-27(2,3)41-26(38)32-13-19-15-39-28(40-19)6-8-34(9-7-28)24-21(31)11-16-10-17(25(36)37)14-35(23(16)33-24)22-5-4-18(29)12-20(22)30/h4-5,10-12,19H,6-9,13-15H2,1-3H3,(H,32,38)(H,36,37). The molecule has 2 N–H and O–H groups in total. The molecule has 0 saturated carbocycles. The fourth-order valence-corrected chi connectivity index (χ4v) is 5.09. The summed E-state index contributed by atoms with van der Waals surface area (Å²) in [6.45, 7) is 6.22. The van der Waals surface area contributed by atoms with Crippen LogP contribution >= 0.6 is 0 Å². The smallest absolute Gasteiger partial charge is 0.407 e. The van der Waals surface area contributed by atoms with Gasteiger partial charge in [-0.3, -0.25) is 0 Å². The Labute approximate surface area is 234 Å². The number of hydrogen-bond acceptors (Lipinski definition) is 8. The topological polar surface area (TPSA) is 113 Å². The van der Waals surface area contributed by atoms with E-state index in [1.807, 2.05) is 0 Å². The molecule has 0 bridgehead atoms. The van der Waals surface area contributed by atoms with Gasteiger partial charge in [0.2, 0.25) is 0 Å². The van der Waals surface area contributed by atoms with Gasteiger partial charge < -0.3 is 34.4 Å². The summed E-state index contributed by atoms with van der Waals surface area (Å²) in [5.74, 6) is -4.32. The van der Waals surface area contributed by atoms with Crippen molar-refractivity contribution in [3.63, 3.8) is 0 Å². The normalized spacial score (nSPS) is 20.0. The highest BCUT2D eigenvalue weighted by atomic mass is 19.1. The number of alkyl carbamates (subject to hydrolysis) is 1. The fraction of sp³-hybridized carbons (Fsp3) is 0.464. The first kappa shape index (κ1) is 28.7. The molecule has 1 unspecified atom stereocenters. The van der Waals surface area contributed by atoms with E-state index in [4.69, 9.17) is 14.2 Å². The number of amides is 1. The zero-order valence-corrected chi connectivity index (χ0v) is 22.9. The number of anilines is 3. The van der Waals surface area contributed by atoms with Crippen LogP contribution in [-0.4, -0.2) is 72.4 Å². The first-order valence-electron chi connectivity index (χ1n) is 13.2. The second kappa shape index (κ2) is 10.9. The van der Waals surface area contributed by atoms with Crippen molar-refractivity contribution in [2.75, 3.05) is 42.6 Å². The Morgan fingerprint density at radius 3 is 2.54 bits per heavy atom. The number of piperidine rings is 1. The Kier molecular flexibility index (Phi) is 7.60. The Morgan fingerprint density at radius 2 is 1.88 bits per heavy atom. The number of ether oxygens (including phenoxy) is 3. The van der Waals surface area contributed by atoms with Gasteiger partial charge in [0.15, 0.2) is 17.4 Å². The van der Waals surface area contributed by atoms with Crippen molar-refractivity contribution in [3.8, 4) is 0 Å². The molecule has 1 atom stereocenters. The molecule has 0 radical (unpaired) electrons. The Balaban J connectivity index is 1.31. The minimum Gasteiger partial charge on any atom is -0.478 e. The van der Waals surface area contributed by atoms with Crippen LogP contribution in [0.2, 0.25) is 0 Å².